The van der Waals surface area contributed by atoms with Crippen molar-refractivity contribution in [2.24, 2.45) is 11.7 Å². The van der Waals surface area contributed by atoms with Crippen LogP contribution in [-0.2, 0) is 4.79 Å². The molecular formula is C8H19NO2. The van der Waals surface area contributed by atoms with Gasteiger partial charge in [0.1, 0.15) is 0 Å². The van der Waals surface area contributed by atoms with Crippen LogP contribution in [0.4, 0.5) is 0 Å². The molecule has 3 N–H and O–H groups in total. The normalized spacial score (nSPS) is 10.4. The summed E-state index contributed by atoms with van der Waals surface area (Å²) in [4.78, 5) is 8.36. The highest BCUT2D eigenvalue weighted by atomic mass is 16.3. The Balaban J connectivity index is 0. The molecule has 0 amide bonds. The summed E-state index contributed by atoms with van der Waals surface area (Å²) in [5.74, 6) is 0.718. The molecule has 0 aliphatic rings. The van der Waals surface area contributed by atoms with Crippen molar-refractivity contribution in [3.05, 3.63) is 0 Å². The van der Waals surface area contributed by atoms with Crippen molar-refractivity contribution in [1.82, 2.24) is 0 Å². The molecule has 0 aromatic heterocycles. The Morgan fingerprint density at radius 1 is 1.55 bits per heavy atom. The van der Waals surface area contributed by atoms with Crippen molar-refractivity contribution in [2.45, 2.75) is 39.7 Å². The van der Waals surface area contributed by atoms with Crippen molar-refractivity contribution < 1.29 is 9.90 Å². The first-order chi connectivity index (χ1) is 4.83. The lowest BCUT2D eigenvalue weighted by atomic mass is 9.94. The van der Waals surface area contributed by atoms with Crippen LogP contribution in [0.1, 0.15) is 34.1 Å². The van der Waals surface area contributed by atoms with Gasteiger partial charge < -0.3 is 10.8 Å². The highest BCUT2D eigenvalue weighted by Gasteiger charge is 2.11. The Bertz CT molecular complexity index is 94.8. The van der Waals surface area contributed by atoms with Gasteiger partial charge in [0.25, 0.3) is 6.47 Å². The lowest BCUT2D eigenvalue weighted by molar-refractivity contribution is -0.122. The number of hydrogen-bond donors (Lipinski definition) is 2. The highest BCUT2D eigenvalue weighted by Crippen LogP contribution is 2.11. The van der Waals surface area contributed by atoms with Crippen LogP contribution < -0.4 is 5.73 Å². The van der Waals surface area contributed by atoms with Gasteiger partial charge in [-0.3, -0.25) is 4.79 Å². The molecule has 0 bridgehead atoms. The highest BCUT2D eigenvalue weighted by molar-refractivity contribution is 5.32. The second kappa shape index (κ2) is 6.16. The van der Waals surface area contributed by atoms with E-state index in [1.54, 1.807) is 0 Å². The van der Waals surface area contributed by atoms with E-state index in [1.807, 2.05) is 0 Å². The molecule has 11 heavy (non-hydrogen) atoms. The summed E-state index contributed by atoms with van der Waals surface area (Å²) >= 11 is 0. The molecule has 0 aliphatic carbocycles. The van der Waals surface area contributed by atoms with Gasteiger partial charge >= 0.3 is 0 Å². The molecule has 0 aromatic carbocycles. The Labute approximate surface area is 68.6 Å². The fourth-order valence-electron chi connectivity index (χ4n) is 1.05. The predicted molar refractivity (Wildman–Crippen MR) is 46.4 cm³/mol. The summed E-state index contributed by atoms with van der Waals surface area (Å²) in [6, 6.07) is 0. The maximum absolute atomic E-state index is 8.36. The maximum atomic E-state index is 8.36. The fourth-order valence-corrected chi connectivity index (χ4v) is 1.05. The van der Waals surface area contributed by atoms with E-state index >= 15 is 0 Å². The van der Waals surface area contributed by atoms with Crippen LogP contribution in [0.3, 0.4) is 0 Å². The van der Waals surface area contributed by atoms with Gasteiger partial charge in [-0.15, -0.1) is 0 Å². The van der Waals surface area contributed by atoms with E-state index in [9.17, 15) is 0 Å². The van der Waals surface area contributed by atoms with Gasteiger partial charge in [-0.25, -0.2) is 0 Å². The molecule has 0 saturated heterocycles. The van der Waals surface area contributed by atoms with E-state index in [2.05, 4.69) is 27.7 Å². The first-order valence-electron chi connectivity index (χ1n) is 3.70. The molecule has 68 valence electrons. The lowest BCUT2D eigenvalue weighted by Crippen LogP contribution is -2.33. The number of hydrogen-bond acceptors (Lipinski definition) is 2. The molecule has 0 unspecified atom stereocenters. The first kappa shape index (κ1) is 13.1. The van der Waals surface area contributed by atoms with Crippen LogP contribution in [0.2, 0.25) is 0 Å². The molecule has 3 heteroatoms. The molecule has 0 aromatic rings. The lowest BCUT2D eigenvalue weighted by Gasteiger charge is -2.20. The largest absolute Gasteiger partial charge is 0.483 e. The number of carbonyl (C=O) groups is 1. The molecule has 0 atom stereocenters. The minimum absolute atomic E-state index is 0.0220. The Hall–Kier alpha value is -0.570. The second-order valence-electron chi connectivity index (χ2n) is 3.69. The van der Waals surface area contributed by atoms with Crippen molar-refractivity contribution in [3.63, 3.8) is 0 Å². The molecule has 0 radical (unpaired) electrons. The van der Waals surface area contributed by atoms with Crippen LogP contribution in [0.25, 0.3) is 0 Å². The van der Waals surface area contributed by atoms with Crippen LogP contribution in [-0.4, -0.2) is 17.1 Å². The standard InChI is InChI=1S/C7H17N.CH2O2/c1-6(2)5-7(3,4)8;2-1-3/h6H,5,8H2,1-4H3;1H,(H,2,3). The molecular weight excluding hydrogens is 142 g/mol. The summed E-state index contributed by atoms with van der Waals surface area (Å²) < 4.78 is 0. The molecule has 0 spiro atoms. The summed E-state index contributed by atoms with van der Waals surface area (Å²) in [5.41, 5.74) is 5.76. The number of carboxylic acid groups (broad SMARTS) is 1. The van der Waals surface area contributed by atoms with Crippen molar-refractivity contribution in [3.8, 4) is 0 Å². The van der Waals surface area contributed by atoms with Crippen molar-refractivity contribution >= 4 is 6.47 Å². The Morgan fingerprint density at radius 3 is 1.82 bits per heavy atom. The van der Waals surface area contributed by atoms with Crippen LogP contribution in [0.5, 0.6) is 0 Å². The van der Waals surface area contributed by atoms with E-state index < -0.39 is 0 Å². The maximum Gasteiger partial charge on any atom is 0.290 e. The summed E-state index contributed by atoms with van der Waals surface area (Å²) in [6.07, 6.45) is 1.10. The van der Waals surface area contributed by atoms with E-state index in [1.165, 1.54) is 0 Å². The zero-order chi connectivity index (χ0) is 9.49. The van der Waals surface area contributed by atoms with Crippen LogP contribution in [0, 0.1) is 5.92 Å². The molecule has 0 aliphatic heterocycles. The van der Waals surface area contributed by atoms with Gasteiger partial charge in [-0.05, 0) is 26.2 Å². The predicted octanol–water partition coefficient (Wildman–Crippen LogP) is 1.47. The van der Waals surface area contributed by atoms with Gasteiger partial charge in [0.15, 0.2) is 0 Å². The van der Waals surface area contributed by atoms with E-state index in [-0.39, 0.29) is 12.0 Å². The molecule has 0 saturated carbocycles. The minimum Gasteiger partial charge on any atom is -0.483 e. The number of nitrogens with two attached hydrogens (primary N) is 1. The Kier molecular flexibility index (Phi) is 7.31. The van der Waals surface area contributed by atoms with Gasteiger partial charge in [0.05, 0.1) is 0 Å². The van der Waals surface area contributed by atoms with Crippen molar-refractivity contribution in [1.29, 1.82) is 0 Å². The summed E-state index contributed by atoms with van der Waals surface area (Å²) in [6.45, 7) is 8.25. The zero-order valence-electron chi connectivity index (χ0n) is 7.79. The monoisotopic (exact) mass is 161 g/mol. The third-order valence-electron chi connectivity index (χ3n) is 0.934. The summed E-state index contributed by atoms with van der Waals surface area (Å²) in [5, 5.41) is 6.89. The fraction of sp³-hybridized carbons (Fsp3) is 0.875. The SMILES string of the molecule is CC(C)CC(C)(C)N.O=CO. The van der Waals surface area contributed by atoms with Gasteiger partial charge in [-0.2, -0.15) is 0 Å². The van der Waals surface area contributed by atoms with Gasteiger partial charge in [0.2, 0.25) is 0 Å². The average Bonchev–Trinajstić information content (AvgIpc) is 1.57. The molecule has 0 rings (SSSR count). The average molecular weight is 161 g/mol. The van der Waals surface area contributed by atoms with E-state index in [0.717, 1.165) is 12.3 Å². The molecule has 0 heterocycles. The minimum atomic E-state index is -0.250. The van der Waals surface area contributed by atoms with Crippen LogP contribution >= 0.6 is 0 Å². The Morgan fingerprint density at radius 2 is 1.82 bits per heavy atom. The third kappa shape index (κ3) is 26.5. The van der Waals surface area contributed by atoms with Crippen molar-refractivity contribution in [2.75, 3.05) is 0 Å². The quantitative estimate of drug-likeness (QED) is 0.603. The smallest absolute Gasteiger partial charge is 0.290 e. The summed E-state index contributed by atoms with van der Waals surface area (Å²) in [7, 11) is 0. The van der Waals surface area contributed by atoms with Gasteiger partial charge in [-0.1, -0.05) is 13.8 Å². The first-order valence-corrected chi connectivity index (χ1v) is 3.70. The molecule has 0 fully saturated rings. The molecule has 3 nitrogen and oxygen atoms in total. The van der Waals surface area contributed by atoms with Crippen LogP contribution in [0.15, 0.2) is 0 Å². The van der Waals surface area contributed by atoms with Gasteiger partial charge in [0, 0.05) is 5.54 Å². The number of rotatable bonds is 2. The second-order valence-corrected chi connectivity index (χ2v) is 3.69. The zero-order valence-corrected chi connectivity index (χ0v) is 7.79. The third-order valence-corrected chi connectivity index (χ3v) is 0.934. The topological polar surface area (TPSA) is 63.3 Å². The van der Waals surface area contributed by atoms with E-state index in [4.69, 9.17) is 15.6 Å². The van der Waals surface area contributed by atoms with E-state index in [0.29, 0.717) is 0 Å².